The van der Waals surface area contributed by atoms with Crippen molar-refractivity contribution in [3.05, 3.63) is 0 Å². The molecule has 0 aromatic heterocycles. The van der Waals surface area contributed by atoms with Crippen LogP contribution in [0.15, 0.2) is 0 Å². The third kappa shape index (κ3) is 6.28. The molecule has 62 valence electrons. The van der Waals surface area contributed by atoms with E-state index in [9.17, 15) is 4.79 Å². The van der Waals surface area contributed by atoms with Crippen molar-refractivity contribution in [2.75, 3.05) is 11.0 Å². The second-order valence-corrected chi connectivity index (χ2v) is 3.71. The van der Waals surface area contributed by atoms with E-state index in [0.717, 1.165) is 10.8 Å². The van der Waals surface area contributed by atoms with Gasteiger partial charge in [-0.15, -0.1) is 0 Å². The molecule has 0 aliphatic carbocycles. The summed E-state index contributed by atoms with van der Waals surface area (Å²) in [6.45, 7) is 2.30. The Morgan fingerprint density at radius 1 is 1.70 bits per heavy atom. The minimum atomic E-state index is -0.142. The molecule has 0 saturated heterocycles. The predicted molar refractivity (Wildman–Crippen MR) is 34.9 cm³/mol. The Morgan fingerprint density at radius 3 is 2.90 bits per heavy atom. The molecule has 0 radical (unpaired) electrons. The summed E-state index contributed by atoms with van der Waals surface area (Å²) in [5, 5.41) is 0. The van der Waals surface area contributed by atoms with Crippen LogP contribution in [0.1, 0.15) is 19.8 Å². The Kier molecular flexibility index (Phi) is 7.39. The van der Waals surface area contributed by atoms with Gasteiger partial charge in [-0.1, -0.05) is 0 Å². The summed E-state index contributed by atoms with van der Waals surface area (Å²) in [5.74, 6) is -0.0973. The molecule has 10 heavy (non-hydrogen) atoms. The molecule has 0 atom stereocenters. The number of esters is 1. The molecule has 0 aliphatic rings. The molecule has 0 fully saturated rings. The fraction of sp³-hybridized carbons (Fsp3) is 0.833. The van der Waals surface area contributed by atoms with Crippen molar-refractivity contribution < 1.29 is 31.0 Å². The number of alkyl halides is 1. The summed E-state index contributed by atoms with van der Waals surface area (Å²) in [6, 6.07) is 0. The van der Waals surface area contributed by atoms with Crippen LogP contribution in [0.25, 0.3) is 0 Å². The molecule has 0 heterocycles. The molecule has 0 amide bonds. The Balaban J connectivity index is 3.05. The molecule has 0 saturated carbocycles. The van der Waals surface area contributed by atoms with E-state index in [4.69, 9.17) is 8.68 Å². The van der Waals surface area contributed by atoms with E-state index in [-0.39, 0.29) is 27.4 Å². The van der Waals surface area contributed by atoms with Crippen molar-refractivity contribution in [1.29, 1.82) is 0 Å². The van der Waals surface area contributed by atoms with Gasteiger partial charge in [0.2, 0.25) is 0 Å². The van der Waals surface area contributed by atoms with E-state index in [1.807, 2.05) is 6.92 Å². The summed E-state index contributed by atoms with van der Waals surface area (Å²) in [5.41, 5.74) is 0. The third-order valence-electron chi connectivity index (χ3n) is 0.929. The van der Waals surface area contributed by atoms with Gasteiger partial charge in [-0.2, -0.15) is 0 Å². The van der Waals surface area contributed by atoms with E-state index in [1.165, 1.54) is 0 Å². The first-order chi connectivity index (χ1) is 4.81. The third-order valence-corrected chi connectivity index (χ3v) is 2.31. The Morgan fingerprint density at radius 2 is 2.40 bits per heavy atom. The fourth-order valence-electron chi connectivity index (χ4n) is 0.521. The molecule has 0 spiro atoms. The molecule has 0 unspecified atom stereocenters. The molecule has 0 aliphatic heterocycles. The standard InChI is InChI=1S/C6H13INO2/c1-2-10-6(9)4-3-5-7-8/h2-5,8H2,1H3/q-1. The number of rotatable bonds is 5. The first kappa shape index (κ1) is 10.2. The van der Waals surface area contributed by atoms with Crippen molar-refractivity contribution in [3.63, 3.8) is 0 Å². The number of hydrogen-bond acceptors (Lipinski definition) is 3. The molecule has 3 nitrogen and oxygen atoms in total. The molecular formula is C6H13INO2-. The first-order valence-corrected chi connectivity index (χ1v) is 6.01. The quantitative estimate of drug-likeness (QED) is 0.192. The van der Waals surface area contributed by atoms with E-state index < -0.39 is 0 Å². The number of hydrogen-bond donors (Lipinski definition) is 1. The number of carbonyl (C=O) groups excluding carboxylic acids is 1. The van der Waals surface area contributed by atoms with Gasteiger partial charge in [0, 0.05) is 0 Å². The molecule has 0 aromatic rings. The van der Waals surface area contributed by atoms with Crippen LogP contribution in [0, 0.1) is 0 Å². The van der Waals surface area contributed by atoms with Crippen molar-refractivity contribution in [2.24, 2.45) is 3.95 Å². The summed E-state index contributed by atoms with van der Waals surface area (Å²) in [4.78, 5) is 10.7. The van der Waals surface area contributed by atoms with E-state index in [1.54, 1.807) is 0 Å². The van der Waals surface area contributed by atoms with Crippen LogP contribution in [-0.4, -0.2) is 17.0 Å². The van der Waals surface area contributed by atoms with Gasteiger partial charge in [0.25, 0.3) is 0 Å². The number of carbonyl (C=O) groups is 1. The molecule has 4 heteroatoms. The van der Waals surface area contributed by atoms with Gasteiger partial charge in [-0.3, -0.25) is 0 Å². The van der Waals surface area contributed by atoms with Crippen LogP contribution < -0.4 is 25.4 Å². The zero-order chi connectivity index (χ0) is 7.82. The van der Waals surface area contributed by atoms with E-state index in [2.05, 4.69) is 0 Å². The Hall–Kier alpha value is 0.160. The maximum atomic E-state index is 10.7. The number of halogens is 1. The maximum absolute atomic E-state index is 10.7. The minimum absolute atomic E-state index is 0.0973. The average molecular weight is 258 g/mol. The zero-order valence-corrected chi connectivity index (χ0v) is 8.26. The van der Waals surface area contributed by atoms with Crippen LogP contribution in [0.5, 0.6) is 0 Å². The molecule has 2 N–H and O–H groups in total. The van der Waals surface area contributed by atoms with Gasteiger partial charge in [0.05, 0.1) is 0 Å². The van der Waals surface area contributed by atoms with Crippen LogP contribution in [0.4, 0.5) is 0 Å². The topological polar surface area (TPSA) is 52.3 Å². The van der Waals surface area contributed by atoms with Crippen LogP contribution in [0.3, 0.4) is 0 Å². The van der Waals surface area contributed by atoms with E-state index >= 15 is 0 Å². The predicted octanol–water partition coefficient (Wildman–Crippen LogP) is -2.71. The van der Waals surface area contributed by atoms with E-state index in [0.29, 0.717) is 13.0 Å². The van der Waals surface area contributed by atoms with Gasteiger partial charge in [0.1, 0.15) is 0 Å². The normalized spacial score (nSPS) is 9.80. The second-order valence-electron chi connectivity index (χ2n) is 1.75. The van der Waals surface area contributed by atoms with Crippen LogP contribution in [-0.2, 0) is 9.53 Å². The molecule has 0 aromatic carbocycles. The summed E-state index contributed by atoms with van der Waals surface area (Å²) in [7, 11) is 0. The van der Waals surface area contributed by atoms with Gasteiger partial charge in [-0.05, 0) is 0 Å². The molecule has 0 bridgehead atoms. The monoisotopic (exact) mass is 258 g/mol. The summed E-state index contributed by atoms with van der Waals surface area (Å²) >= 11 is -0.142. The number of ether oxygens (including phenoxy) is 1. The Labute approximate surface area is 71.9 Å². The van der Waals surface area contributed by atoms with Gasteiger partial charge >= 0.3 is 71.7 Å². The van der Waals surface area contributed by atoms with Crippen molar-refractivity contribution in [2.45, 2.75) is 19.8 Å². The van der Waals surface area contributed by atoms with Crippen molar-refractivity contribution in [3.8, 4) is 0 Å². The zero-order valence-electron chi connectivity index (χ0n) is 6.10. The average Bonchev–Trinajstić information content (AvgIpc) is 1.89. The van der Waals surface area contributed by atoms with Crippen LogP contribution >= 0.6 is 0 Å². The SMILES string of the molecule is CCOC(=O)CCC[I-]N. The summed E-state index contributed by atoms with van der Waals surface area (Å²) < 4.78 is 11.1. The molecular weight excluding hydrogens is 245 g/mol. The van der Waals surface area contributed by atoms with Crippen molar-refractivity contribution >= 4 is 5.97 Å². The number of nitrogens with two attached hydrogens (primary N) is 1. The van der Waals surface area contributed by atoms with Gasteiger partial charge in [-0.25, -0.2) is 0 Å². The van der Waals surface area contributed by atoms with Crippen LogP contribution in [0.2, 0.25) is 0 Å². The molecule has 0 rings (SSSR count). The first-order valence-electron chi connectivity index (χ1n) is 3.24. The van der Waals surface area contributed by atoms with Gasteiger partial charge < -0.3 is 0 Å². The second kappa shape index (κ2) is 7.27. The fourth-order valence-corrected chi connectivity index (χ4v) is 1.34. The summed E-state index contributed by atoms with van der Waals surface area (Å²) in [6.07, 6.45) is 1.42. The van der Waals surface area contributed by atoms with Crippen molar-refractivity contribution in [1.82, 2.24) is 0 Å². The Bertz CT molecular complexity index is 97.7. The van der Waals surface area contributed by atoms with Gasteiger partial charge in [0.15, 0.2) is 0 Å².